The fraction of sp³-hybridized carbons (Fsp3) is 0.456. The Morgan fingerprint density at radius 3 is 1.39 bits per heavy atom. The molecule has 6 aromatic rings. The summed E-state index contributed by atoms with van der Waals surface area (Å²) >= 11 is 0. The number of carbonyl (C=O) groups is 1. The predicted molar refractivity (Wildman–Crippen MR) is 303 cm³/mol. The van der Waals surface area contributed by atoms with E-state index in [1.807, 2.05) is 0 Å². The van der Waals surface area contributed by atoms with Crippen molar-refractivity contribution in [1.29, 1.82) is 0 Å². The zero-order chi connectivity index (χ0) is 51.0. The van der Waals surface area contributed by atoms with Gasteiger partial charge >= 0.3 is 0 Å². The molecule has 6 heteroatoms. The maximum Gasteiger partial charge on any atom is 0.220 e. The Labute approximate surface area is 444 Å². The highest BCUT2D eigenvalue weighted by Gasteiger charge is 2.60. The summed E-state index contributed by atoms with van der Waals surface area (Å²) in [4.78, 5) is 16.5. The van der Waals surface area contributed by atoms with Crippen molar-refractivity contribution in [3.8, 4) is 0 Å². The zero-order valence-corrected chi connectivity index (χ0v) is 44.7. The molecule has 6 nitrogen and oxygen atoms in total. The zero-order valence-electron chi connectivity index (χ0n) is 44.7. The van der Waals surface area contributed by atoms with Crippen molar-refractivity contribution >= 4 is 5.91 Å². The number of aliphatic hydroxyl groups is 1. The van der Waals surface area contributed by atoms with Gasteiger partial charge in [-0.1, -0.05) is 203 Å². The monoisotopic (exact) mass is 989 g/mol. The molecule has 6 aromatic carbocycles. The summed E-state index contributed by atoms with van der Waals surface area (Å²) in [5, 5.41) is 22.3. The average molecular weight is 989 g/mol. The number of aliphatic hydroxyl groups excluding tert-OH is 1. The molecule has 10 rings (SSSR count). The van der Waals surface area contributed by atoms with Gasteiger partial charge in [-0.25, -0.2) is 0 Å². The van der Waals surface area contributed by atoms with Gasteiger partial charge in [0.15, 0.2) is 0 Å². The lowest BCUT2D eigenvalue weighted by molar-refractivity contribution is -0.129. The molecule has 0 bridgehead atoms. The number of benzene rings is 6. The number of nitrogens with one attached hydrogen (secondary N) is 3. The molecule has 0 spiro atoms. The fourth-order valence-corrected chi connectivity index (χ4v) is 16.1. The summed E-state index contributed by atoms with van der Waals surface area (Å²) in [6.45, 7) is 12.0. The second kappa shape index (κ2) is 23.3. The second-order valence-electron chi connectivity index (χ2n) is 23.6. The summed E-state index contributed by atoms with van der Waals surface area (Å²) in [7, 11) is 0. The Morgan fingerprint density at radius 1 is 0.541 bits per heavy atom. The van der Waals surface area contributed by atoms with E-state index >= 15 is 0 Å². The molecular weight excluding hydrogens is 905 g/mol. The molecule has 1 amide bonds. The van der Waals surface area contributed by atoms with Crippen molar-refractivity contribution in [1.82, 2.24) is 20.9 Å². The smallest absolute Gasteiger partial charge is 0.220 e. The molecule has 4 fully saturated rings. The second-order valence-corrected chi connectivity index (χ2v) is 23.6. The van der Waals surface area contributed by atoms with Gasteiger partial charge in [-0.2, -0.15) is 0 Å². The maximum atomic E-state index is 13.9. The van der Waals surface area contributed by atoms with Crippen LogP contribution in [0.3, 0.4) is 0 Å². The summed E-state index contributed by atoms with van der Waals surface area (Å²) in [6.07, 6.45) is 12.7. The third kappa shape index (κ3) is 10.5. The molecule has 4 N–H and O–H groups in total. The summed E-state index contributed by atoms with van der Waals surface area (Å²) in [6, 6.07) is 65.2. The van der Waals surface area contributed by atoms with E-state index in [9.17, 15) is 9.90 Å². The van der Waals surface area contributed by atoms with Gasteiger partial charge in [0, 0.05) is 45.7 Å². The van der Waals surface area contributed by atoms with Crippen LogP contribution in [0.2, 0.25) is 0 Å². The molecule has 0 aromatic heterocycles. The first-order valence-corrected chi connectivity index (χ1v) is 28.7. The van der Waals surface area contributed by atoms with Crippen LogP contribution in [0, 0.1) is 46.3 Å². The van der Waals surface area contributed by atoms with E-state index in [2.05, 4.69) is 224 Å². The van der Waals surface area contributed by atoms with E-state index in [1.54, 1.807) is 0 Å². The predicted octanol–water partition coefficient (Wildman–Crippen LogP) is 13.0. The van der Waals surface area contributed by atoms with Gasteiger partial charge in [0.1, 0.15) is 0 Å². The molecule has 74 heavy (non-hydrogen) atoms. The maximum absolute atomic E-state index is 13.9. The molecule has 388 valence electrons. The fourth-order valence-electron chi connectivity index (χ4n) is 16.1. The molecule has 9 atom stereocenters. The number of hydrogen-bond donors (Lipinski definition) is 4. The van der Waals surface area contributed by atoms with E-state index in [0.29, 0.717) is 41.5 Å². The lowest BCUT2D eigenvalue weighted by Gasteiger charge is -2.61. The highest BCUT2D eigenvalue weighted by Crippen LogP contribution is 2.68. The van der Waals surface area contributed by atoms with Crippen molar-refractivity contribution in [3.05, 3.63) is 215 Å². The van der Waals surface area contributed by atoms with Crippen molar-refractivity contribution in [2.75, 3.05) is 39.3 Å². The van der Waals surface area contributed by atoms with Gasteiger partial charge in [-0.3, -0.25) is 20.3 Å². The van der Waals surface area contributed by atoms with Crippen LogP contribution in [0.5, 0.6) is 0 Å². The molecule has 0 aliphatic heterocycles. The molecule has 0 unspecified atom stereocenters. The van der Waals surface area contributed by atoms with Crippen LogP contribution in [-0.4, -0.2) is 61.3 Å². The Hall–Kier alpha value is -5.37. The number of nitrogens with zero attached hydrogens (tertiary/aromatic N) is 1. The SMILES string of the molecule is C[C@H](CCC(=O)NCCN(CCNC(c1ccccc1)(c1ccccc1)c1ccccc1)CCNC(c1ccccc1)(c1ccccc1)c1ccccc1)[C@H]1CC[C@H]2[C@@H]3CC[C@@H]4C[C@H](O)CC[C@]4(C)[C@H]3CC[C@]12C. The minimum Gasteiger partial charge on any atom is -0.393 e. The van der Waals surface area contributed by atoms with Gasteiger partial charge in [0.25, 0.3) is 0 Å². The Morgan fingerprint density at radius 2 is 0.946 bits per heavy atom. The molecule has 0 saturated heterocycles. The van der Waals surface area contributed by atoms with Crippen LogP contribution >= 0.6 is 0 Å². The Balaban J connectivity index is 0.836. The Bertz CT molecular complexity index is 2340. The highest BCUT2D eigenvalue weighted by molar-refractivity contribution is 5.75. The first kappa shape index (κ1) is 52.1. The molecule has 0 heterocycles. The van der Waals surface area contributed by atoms with Crippen LogP contribution in [0.15, 0.2) is 182 Å². The number of fused-ring (bicyclic) bond motifs is 5. The standard InChI is InChI=1S/C68H84N4O2/c1-51(61-37-38-62-60-36-35-58-50-59(73)40-42-65(58,2)63(60)41-43-66(61,62)3)34-39-64(74)69-44-47-72(48-45-70-67(52-22-10-4-11-23-52,53-24-12-5-13-25-53)54-26-14-6-15-27-54)49-46-71-68(55-28-16-7-17-29-55,56-30-18-8-19-31-56)57-32-20-9-21-33-57/h4-33,51,58-63,70-71,73H,34-50H2,1-3H3,(H,69,74)/t51-,58-,59-,60+,61-,62+,63+,65+,66-/m1/s1. The van der Waals surface area contributed by atoms with Crippen molar-refractivity contribution in [3.63, 3.8) is 0 Å². The molecule has 0 radical (unpaired) electrons. The molecular formula is C68H84N4O2. The summed E-state index contributed by atoms with van der Waals surface area (Å²) in [5.41, 5.74) is 6.81. The van der Waals surface area contributed by atoms with Crippen LogP contribution in [0.25, 0.3) is 0 Å². The van der Waals surface area contributed by atoms with E-state index in [-0.39, 0.29) is 12.0 Å². The largest absolute Gasteiger partial charge is 0.393 e. The van der Waals surface area contributed by atoms with Gasteiger partial charge in [-0.05, 0) is 144 Å². The van der Waals surface area contributed by atoms with E-state index in [1.165, 1.54) is 78.3 Å². The van der Waals surface area contributed by atoms with Crippen LogP contribution in [-0.2, 0) is 15.9 Å². The van der Waals surface area contributed by atoms with E-state index in [4.69, 9.17) is 0 Å². The minimum absolute atomic E-state index is 0.0889. The third-order valence-electron chi connectivity index (χ3n) is 19.9. The molecule has 4 saturated carbocycles. The lowest BCUT2D eigenvalue weighted by atomic mass is 9.44. The normalized spacial score (nSPS) is 26.1. The Kier molecular flexibility index (Phi) is 16.4. The highest BCUT2D eigenvalue weighted by atomic mass is 16.3. The number of amides is 1. The van der Waals surface area contributed by atoms with Crippen molar-refractivity contribution in [2.24, 2.45) is 46.3 Å². The van der Waals surface area contributed by atoms with Crippen molar-refractivity contribution in [2.45, 2.75) is 109 Å². The quantitative estimate of drug-likeness (QED) is 0.0541. The number of carbonyl (C=O) groups excluding carboxylic acids is 1. The minimum atomic E-state index is -0.574. The first-order valence-electron chi connectivity index (χ1n) is 28.7. The van der Waals surface area contributed by atoms with Gasteiger partial charge in [0.2, 0.25) is 5.91 Å². The van der Waals surface area contributed by atoms with Crippen LogP contribution in [0.1, 0.15) is 125 Å². The average Bonchev–Trinajstić information content (AvgIpc) is 3.81. The van der Waals surface area contributed by atoms with E-state index in [0.717, 1.165) is 69.7 Å². The van der Waals surface area contributed by atoms with Crippen LogP contribution in [0.4, 0.5) is 0 Å². The van der Waals surface area contributed by atoms with Gasteiger partial charge < -0.3 is 10.4 Å². The van der Waals surface area contributed by atoms with Crippen molar-refractivity contribution < 1.29 is 9.90 Å². The molecule has 4 aliphatic carbocycles. The lowest BCUT2D eigenvalue weighted by Crippen LogP contribution is -2.54. The van der Waals surface area contributed by atoms with E-state index < -0.39 is 11.1 Å². The third-order valence-corrected chi connectivity index (χ3v) is 19.9. The van der Waals surface area contributed by atoms with Gasteiger partial charge in [-0.15, -0.1) is 0 Å². The first-order chi connectivity index (χ1) is 36.1. The van der Waals surface area contributed by atoms with Crippen LogP contribution < -0.4 is 16.0 Å². The topological polar surface area (TPSA) is 76.6 Å². The number of hydrogen-bond acceptors (Lipinski definition) is 5. The van der Waals surface area contributed by atoms with Gasteiger partial charge in [0.05, 0.1) is 17.2 Å². The molecule has 4 aliphatic rings. The summed E-state index contributed by atoms with van der Waals surface area (Å²) in [5.74, 6) is 4.53. The number of rotatable bonds is 21. The summed E-state index contributed by atoms with van der Waals surface area (Å²) < 4.78 is 0.